The first-order chi connectivity index (χ1) is 13.9. The van der Waals surface area contributed by atoms with E-state index in [0.29, 0.717) is 41.7 Å². The third-order valence-electron chi connectivity index (χ3n) is 4.89. The van der Waals surface area contributed by atoms with Crippen molar-refractivity contribution in [3.63, 3.8) is 0 Å². The number of hydrogen-bond donors (Lipinski definition) is 2. The van der Waals surface area contributed by atoms with Gasteiger partial charge in [0.15, 0.2) is 10.8 Å². The summed E-state index contributed by atoms with van der Waals surface area (Å²) in [6.07, 6.45) is 3.33. The van der Waals surface area contributed by atoms with Crippen LogP contribution in [0.15, 0.2) is 28.6 Å². The van der Waals surface area contributed by atoms with E-state index >= 15 is 0 Å². The molecule has 150 valence electrons. The Morgan fingerprint density at radius 1 is 1.38 bits per heavy atom. The van der Waals surface area contributed by atoms with E-state index < -0.39 is 11.4 Å². The zero-order valence-corrected chi connectivity index (χ0v) is 16.7. The van der Waals surface area contributed by atoms with Crippen molar-refractivity contribution in [2.45, 2.75) is 26.3 Å². The lowest BCUT2D eigenvalue weighted by atomic mass is 10.1. The molecule has 1 fully saturated rings. The maximum Gasteiger partial charge on any atom is 0.341 e. The van der Waals surface area contributed by atoms with Crippen molar-refractivity contribution in [2.75, 3.05) is 18.0 Å². The largest absolute Gasteiger partial charge is 0.477 e. The van der Waals surface area contributed by atoms with E-state index in [-0.39, 0.29) is 22.9 Å². The number of thiazole rings is 1. The number of carbonyl (C=O) groups excluding carboxylic acids is 1. The maximum absolute atomic E-state index is 12.8. The minimum atomic E-state index is -1.29. The van der Waals surface area contributed by atoms with Crippen molar-refractivity contribution in [3.8, 4) is 5.13 Å². The minimum Gasteiger partial charge on any atom is -0.477 e. The topological polar surface area (TPSA) is 117 Å². The van der Waals surface area contributed by atoms with Crippen LogP contribution in [0.5, 0.6) is 0 Å². The molecular formula is C19H19N5O4S. The number of anilines is 1. The molecule has 0 saturated carbocycles. The van der Waals surface area contributed by atoms with Gasteiger partial charge in [0.2, 0.25) is 11.3 Å². The molecule has 4 heterocycles. The summed E-state index contributed by atoms with van der Waals surface area (Å²) in [7, 11) is 0. The predicted molar refractivity (Wildman–Crippen MR) is 109 cm³/mol. The molecule has 0 aromatic carbocycles. The summed E-state index contributed by atoms with van der Waals surface area (Å²) in [5.74, 6) is -0.608. The van der Waals surface area contributed by atoms with Gasteiger partial charge < -0.3 is 15.3 Å². The number of fused-ring (bicyclic) bond motifs is 1. The Balaban J connectivity index is 1.80. The van der Waals surface area contributed by atoms with Crippen molar-refractivity contribution in [2.24, 2.45) is 0 Å². The number of pyridine rings is 2. The van der Waals surface area contributed by atoms with Crippen molar-refractivity contribution < 1.29 is 14.7 Å². The first kappa shape index (κ1) is 19.1. The Bertz CT molecular complexity index is 1170. The summed E-state index contributed by atoms with van der Waals surface area (Å²) in [6, 6.07) is 1.84. The number of amides is 1. The summed E-state index contributed by atoms with van der Waals surface area (Å²) in [4.78, 5) is 46.8. The van der Waals surface area contributed by atoms with Crippen molar-refractivity contribution in [1.82, 2.24) is 19.9 Å². The Kier molecular flexibility index (Phi) is 4.79. The minimum absolute atomic E-state index is 0.0103. The second-order valence-electron chi connectivity index (χ2n) is 6.88. The smallest absolute Gasteiger partial charge is 0.341 e. The highest BCUT2D eigenvalue weighted by Crippen LogP contribution is 2.26. The maximum atomic E-state index is 12.8. The molecule has 1 amide bonds. The van der Waals surface area contributed by atoms with Gasteiger partial charge in [-0.25, -0.2) is 14.8 Å². The molecule has 2 N–H and O–H groups in total. The molecule has 29 heavy (non-hydrogen) atoms. The number of aromatic nitrogens is 3. The van der Waals surface area contributed by atoms with Crippen molar-refractivity contribution in [3.05, 3.63) is 45.2 Å². The third kappa shape index (κ3) is 3.35. The molecule has 3 aromatic heterocycles. The molecule has 3 aromatic rings. The molecule has 0 spiro atoms. The highest BCUT2D eigenvalue weighted by atomic mass is 32.1. The normalized spacial score (nSPS) is 14.1. The molecule has 0 unspecified atom stereocenters. The lowest BCUT2D eigenvalue weighted by molar-refractivity contribution is -0.121. The number of carbonyl (C=O) groups is 2. The number of carboxylic acid groups (broad SMARTS) is 1. The van der Waals surface area contributed by atoms with Gasteiger partial charge in [-0.15, -0.1) is 11.3 Å². The van der Waals surface area contributed by atoms with Crippen molar-refractivity contribution >= 4 is 40.1 Å². The van der Waals surface area contributed by atoms with Crippen LogP contribution in [0, 0.1) is 6.92 Å². The van der Waals surface area contributed by atoms with E-state index in [1.165, 1.54) is 17.5 Å². The van der Waals surface area contributed by atoms with E-state index in [1.807, 2.05) is 11.8 Å². The van der Waals surface area contributed by atoms with E-state index in [1.54, 1.807) is 29.1 Å². The average molecular weight is 413 g/mol. The van der Waals surface area contributed by atoms with Gasteiger partial charge in [-0.05, 0) is 18.6 Å². The zero-order chi connectivity index (χ0) is 20.7. The molecule has 1 saturated heterocycles. The van der Waals surface area contributed by atoms with E-state index in [9.17, 15) is 19.5 Å². The lowest BCUT2D eigenvalue weighted by Gasteiger charge is -2.40. The second kappa shape index (κ2) is 7.28. The molecule has 9 nitrogen and oxygen atoms in total. The number of nitrogens with one attached hydrogen (secondary N) is 1. The van der Waals surface area contributed by atoms with Crippen LogP contribution in [-0.4, -0.2) is 50.6 Å². The summed E-state index contributed by atoms with van der Waals surface area (Å²) in [5.41, 5.74) is 0.126. The van der Waals surface area contributed by atoms with Crippen LogP contribution in [0.25, 0.3) is 16.2 Å². The Hall–Kier alpha value is -3.27. The number of aromatic carboxylic acids is 1. The Morgan fingerprint density at radius 3 is 2.76 bits per heavy atom. The van der Waals surface area contributed by atoms with Crippen LogP contribution in [-0.2, 0) is 4.79 Å². The Labute approximate surface area is 169 Å². The molecule has 0 aliphatic carbocycles. The van der Waals surface area contributed by atoms with Gasteiger partial charge in [0, 0.05) is 37.3 Å². The quantitative estimate of drug-likeness (QED) is 0.652. The van der Waals surface area contributed by atoms with Gasteiger partial charge in [0.1, 0.15) is 11.4 Å². The fourth-order valence-corrected chi connectivity index (χ4v) is 3.98. The van der Waals surface area contributed by atoms with Gasteiger partial charge in [-0.2, -0.15) is 0 Å². The first-order valence-electron chi connectivity index (χ1n) is 9.13. The van der Waals surface area contributed by atoms with E-state index in [2.05, 4.69) is 15.3 Å². The number of rotatable bonds is 5. The van der Waals surface area contributed by atoms with Gasteiger partial charge in [0.25, 0.3) is 0 Å². The van der Waals surface area contributed by atoms with Gasteiger partial charge in [-0.1, -0.05) is 6.92 Å². The van der Waals surface area contributed by atoms with Crippen LogP contribution in [0.3, 0.4) is 0 Å². The van der Waals surface area contributed by atoms with Crippen LogP contribution in [0.4, 0.5) is 5.82 Å². The van der Waals surface area contributed by atoms with Gasteiger partial charge in [-0.3, -0.25) is 14.2 Å². The molecule has 10 heteroatoms. The van der Waals surface area contributed by atoms with Crippen LogP contribution in [0.2, 0.25) is 0 Å². The number of carboxylic acids is 1. The molecule has 0 radical (unpaired) electrons. The number of hydrogen-bond acceptors (Lipinski definition) is 7. The van der Waals surface area contributed by atoms with Crippen LogP contribution < -0.4 is 15.6 Å². The van der Waals surface area contributed by atoms with Crippen molar-refractivity contribution in [1.29, 1.82) is 0 Å². The zero-order valence-electron chi connectivity index (χ0n) is 15.9. The average Bonchev–Trinajstić information content (AvgIpc) is 3.18. The Morgan fingerprint density at radius 2 is 2.14 bits per heavy atom. The SMILES string of the molecule is CCC(=O)NC1CN(c2cc(C)c3c(=O)c(C(=O)O)cn(-c4nccs4)c3n2)C1. The van der Waals surface area contributed by atoms with Gasteiger partial charge >= 0.3 is 5.97 Å². The first-order valence-corrected chi connectivity index (χ1v) is 10.0. The summed E-state index contributed by atoms with van der Waals surface area (Å²) >= 11 is 1.32. The number of aryl methyl sites for hydroxylation is 1. The summed E-state index contributed by atoms with van der Waals surface area (Å²) < 4.78 is 1.55. The van der Waals surface area contributed by atoms with Crippen LogP contribution in [0.1, 0.15) is 29.3 Å². The molecule has 0 atom stereocenters. The van der Waals surface area contributed by atoms with Crippen LogP contribution >= 0.6 is 11.3 Å². The molecule has 0 bridgehead atoms. The van der Waals surface area contributed by atoms with Gasteiger partial charge in [0.05, 0.1) is 11.4 Å². The standard InChI is InChI=1S/C19H19N5O4S/c1-3-14(25)21-11-7-23(8-11)13-6-10(2)15-16(26)12(18(27)28)9-24(17(15)22-13)19-20-4-5-29-19/h4-6,9,11H,3,7-8H2,1-2H3,(H,21,25)(H,27,28). The highest BCUT2D eigenvalue weighted by Gasteiger charge is 2.30. The molecule has 1 aliphatic heterocycles. The molecule has 4 rings (SSSR count). The lowest BCUT2D eigenvalue weighted by Crippen LogP contribution is -2.59. The molecular weight excluding hydrogens is 394 g/mol. The highest BCUT2D eigenvalue weighted by molar-refractivity contribution is 7.12. The van der Waals surface area contributed by atoms with E-state index in [4.69, 9.17) is 0 Å². The fraction of sp³-hybridized carbons (Fsp3) is 0.316. The molecule has 1 aliphatic rings. The fourth-order valence-electron chi connectivity index (χ4n) is 3.36. The monoisotopic (exact) mass is 413 g/mol. The third-order valence-corrected chi connectivity index (χ3v) is 5.66. The second-order valence-corrected chi connectivity index (χ2v) is 7.75. The summed E-state index contributed by atoms with van der Waals surface area (Å²) in [6.45, 7) is 4.82. The number of nitrogens with zero attached hydrogens (tertiary/aromatic N) is 4. The summed E-state index contributed by atoms with van der Waals surface area (Å²) in [5, 5.41) is 15.0. The van der Waals surface area contributed by atoms with E-state index in [0.717, 1.165) is 0 Å². The predicted octanol–water partition coefficient (Wildman–Crippen LogP) is 1.56.